The fourth-order valence-corrected chi connectivity index (χ4v) is 1.98. The monoisotopic (exact) mass is 198 g/mol. The van der Waals surface area contributed by atoms with E-state index in [-0.39, 0.29) is 0 Å². The lowest BCUT2D eigenvalue weighted by Gasteiger charge is -2.18. The van der Waals surface area contributed by atoms with E-state index in [1.165, 1.54) is 32.6 Å². The molecule has 0 amide bonds. The molecule has 1 atom stereocenters. The zero-order valence-corrected chi connectivity index (χ0v) is 10.3. The average molecular weight is 198 g/mol. The topological polar surface area (TPSA) is 15.3 Å². The molecule has 0 saturated heterocycles. The largest absolute Gasteiger partial charge is 0.315 e. The van der Waals surface area contributed by atoms with Crippen LogP contribution in [-0.4, -0.2) is 37.6 Å². The van der Waals surface area contributed by atoms with Crippen molar-refractivity contribution in [2.45, 2.75) is 34.1 Å². The van der Waals surface area contributed by atoms with Crippen molar-refractivity contribution in [3.8, 4) is 0 Å². The maximum atomic E-state index is 3.56. The van der Waals surface area contributed by atoms with Crippen LogP contribution < -0.4 is 5.32 Å². The number of hydrogen-bond donors (Lipinski definition) is 1. The lowest BCUT2D eigenvalue weighted by molar-refractivity contribution is 0.301. The Morgan fingerprint density at radius 3 is 2.29 bits per heavy atom. The van der Waals surface area contributed by atoms with Gasteiger partial charge in [0.1, 0.15) is 0 Å². The van der Waals surface area contributed by atoms with Crippen LogP contribution in [0.4, 0.5) is 0 Å². The summed E-state index contributed by atoms with van der Waals surface area (Å²) in [6.07, 6.45) is 1.41. The number of nitrogens with one attached hydrogen (secondary N) is 1. The van der Waals surface area contributed by atoms with Gasteiger partial charge in [0, 0.05) is 13.1 Å². The van der Waals surface area contributed by atoms with E-state index >= 15 is 0 Å². The molecule has 0 bridgehead atoms. The minimum Gasteiger partial charge on any atom is -0.315 e. The van der Waals surface area contributed by atoms with Gasteiger partial charge in [0.15, 0.2) is 0 Å². The van der Waals surface area contributed by atoms with Crippen LogP contribution in [0.3, 0.4) is 0 Å². The van der Waals surface area contributed by atoms with E-state index in [2.05, 4.69) is 37.9 Å². The SMILES string of the molecule is CCN(CC)CCNCC1CC1(C)C. The van der Waals surface area contributed by atoms with Crippen LogP contribution in [0.25, 0.3) is 0 Å². The van der Waals surface area contributed by atoms with Gasteiger partial charge in [0.05, 0.1) is 0 Å². The molecule has 1 fully saturated rings. The third-order valence-electron chi connectivity index (χ3n) is 3.61. The summed E-state index contributed by atoms with van der Waals surface area (Å²) in [5.41, 5.74) is 0.627. The Balaban J connectivity index is 1.95. The van der Waals surface area contributed by atoms with Crippen LogP contribution in [0.15, 0.2) is 0 Å². The van der Waals surface area contributed by atoms with Gasteiger partial charge >= 0.3 is 0 Å². The molecule has 1 aliphatic carbocycles. The molecule has 2 heteroatoms. The van der Waals surface area contributed by atoms with E-state index < -0.39 is 0 Å². The van der Waals surface area contributed by atoms with E-state index in [1.807, 2.05) is 0 Å². The van der Waals surface area contributed by atoms with Crippen LogP contribution in [0, 0.1) is 11.3 Å². The summed E-state index contributed by atoms with van der Waals surface area (Å²) in [4.78, 5) is 2.46. The van der Waals surface area contributed by atoms with Gasteiger partial charge in [-0.25, -0.2) is 0 Å². The molecule has 14 heavy (non-hydrogen) atoms. The summed E-state index contributed by atoms with van der Waals surface area (Å²) in [5, 5.41) is 3.56. The Hall–Kier alpha value is -0.0800. The number of rotatable bonds is 7. The fraction of sp³-hybridized carbons (Fsp3) is 1.00. The van der Waals surface area contributed by atoms with Crippen molar-refractivity contribution in [3.63, 3.8) is 0 Å². The van der Waals surface area contributed by atoms with Crippen molar-refractivity contribution in [1.82, 2.24) is 10.2 Å². The van der Waals surface area contributed by atoms with Gasteiger partial charge in [-0.05, 0) is 37.4 Å². The molecule has 0 radical (unpaired) electrons. The molecular weight excluding hydrogens is 172 g/mol. The van der Waals surface area contributed by atoms with E-state index in [9.17, 15) is 0 Å². The summed E-state index contributed by atoms with van der Waals surface area (Å²) in [6.45, 7) is 15.1. The maximum absolute atomic E-state index is 3.56. The summed E-state index contributed by atoms with van der Waals surface area (Å²) < 4.78 is 0. The molecule has 1 unspecified atom stereocenters. The standard InChI is InChI=1S/C12H26N2/c1-5-14(6-2)8-7-13-10-11-9-12(11,3)4/h11,13H,5-10H2,1-4H3. The highest BCUT2D eigenvalue weighted by Crippen LogP contribution is 2.50. The summed E-state index contributed by atoms with van der Waals surface area (Å²) >= 11 is 0. The first kappa shape index (κ1) is 12.0. The molecule has 0 aromatic heterocycles. The first-order valence-electron chi connectivity index (χ1n) is 6.03. The average Bonchev–Trinajstić information content (AvgIpc) is 2.75. The predicted molar refractivity (Wildman–Crippen MR) is 62.5 cm³/mol. The van der Waals surface area contributed by atoms with Crippen molar-refractivity contribution in [2.24, 2.45) is 11.3 Å². The fourth-order valence-electron chi connectivity index (χ4n) is 1.98. The van der Waals surface area contributed by atoms with E-state index in [4.69, 9.17) is 0 Å². The zero-order chi connectivity index (χ0) is 10.6. The van der Waals surface area contributed by atoms with E-state index in [1.54, 1.807) is 0 Å². The van der Waals surface area contributed by atoms with Crippen LogP contribution in [-0.2, 0) is 0 Å². The molecule has 0 spiro atoms. The molecule has 0 heterocycles. The molecule has 0 aliphatic heterocycles. The van der Waals surface area contributed by atoms with Crippen LogP contribution in [0.2, 0.25) is 0 Å². The van der Waals surface area contributed by atoms with Gasteiger partial charge in [-0.2, -0.15) is 0 Å². The summed E-state index contributed by atoms with van der Waals surface area (Å²) in [7, 11) is 0. The molecule has 84 valence electrons. The Morgan fingerprint density at radius 2 is 1.86 bits per heavy atom. The third kappa shape index (κ3) is 3.58. The van der Waals surface area contributed by atoms with Gasteiger partial charge in [-0.15, -0.1) is 0 Å². The Labute approximate surface area is 89.1 Å². The lowest BCUT2D eigenvalue weighted by Crippen LogP contribution is -2.32. The zero-order valence-electron chi connectivity index (χ0n) is 10.3. The second-order valence-corrected chi connectivity index (χ2v) is 5.12. The highest BCUT2D eigenvalue weighted by Gasteiger charge is 2.44. The van der Waals surface area contributed by atoms with Gasteiger partial charge in [0.25, 0.3) is 0 Å². The summed E-state index contributed by atoms with van der Waals surface area (Å²) in [5.74, 6) is 0.930. The van der Waals surface area contributed by atoms with Gasteiger partial charge in [-0.1, -0.05) is 27.7 Å². The van der Waals surface area contributed by atoms with Crippen molar-refractivity contribution < 1.29 is 0 Å². The van der Waals surface area contributed by atoms with Crippen molar-refractivity contribution in [3.05, 3.63) is 0 Å². The van der Waals surface area contributed by atoms with Crippen LogP contribution in [0.5, 0.6) is 0 Å². The summed E-state index contributed by atoms with van der Waals surface area (Å²) in [6, 6.07) is 0. The van der Waals surface area contributed by atoms with Gasteiger partial charge in [-0.3, -0.25) is 0 Å². The van der Waals surface area contributed by atoms with Crippen LogP contribution in [0.1, 0.15) is 34.1 Å². The molecule has 1 N–H and O–H groups in total. The molecule has 2 nitrogen and oxygen atoms in total. The Kier molecular flexibility index (Phi) is 4.39. The second-order valence-electron chi connectivity index (χ2n) is 5.12. The molecule has 1 rings (SSSR count). The highest BCUT2D eigenvalue weighted by atomic mass is 15.1. The molecule has 0 aromatic carbocycles. The minimum absolute atomic E-state index is 0.627. The van der Waals surface area contributed by atoms with E-state index in [0.29, 0.717) is 5.41 Å². The van der Waals surface area contributed by atoms with Gasteiger partial charge in [0.2, 0.25) is 0 Å². The quantitative estimate of drug-likeness (QED) is 0.629. The van der Waals surface area contributed by atoms with Crippen LogP contribution >= 0.6 is 0 Å². The molecule has 0 aromatic rings. The number of nitrogens with zero attached hydrogens (tertiary/aromatic N) is 1. The maximum Gasteiger partial charge on any atom is 0.0107 e. The van der Waals surface area contributed by atoms with E-state index in [0.717, 1.165) is 12.5 Å². The van der Waals surface area contributed by atoms with Gasteiger partial charge < -0.3 is 10.2 Å². The number of hydrogen-bond acceptors (Lipinski definition) is 2. The molecule has 1 saturated carbocycles. The first-order valence-corrected chi connectivity index (χ1v) is 6.03. The second kappa shape index (κ2) is 5.13. The van der Waals surface area contributed by atoms with Crippen molar-refractivity contribution in [1.29, 1.82) is 0 Å². The third-order valence-corrected chi connectivity index (χ3v) is 3.61. The Morgan fingerprint density at radius 1 is 1.29 bits per heavy atom. The highest BCUT2D eigenvalue weighted by molar-refractivity contribution is 4.95. The predicted octanol–water partition coefficient (Wildman–Crippen LogP) is 1.96. The number of likely N-dealkylation sites (N-methyl/N-ethyl adjacent to an activating group) is 1. The normalized spacial score (nSPS) is 24.2. The lowest BCUT2D eigenvalue weighted by atomic mass is 10.1. The molecule has 1 aliphatic rings. The smallest absolute Gasteiger partial charge is 0.0107 e. The molecular formula is C12H26N2. The minimum atomic E-state index is 0.627. The Bertz CT molecular complexity index is 158. The van der Waals surface area contributed by atoms with Crippen molar-refractivity contribution >= 4 is 0 Å². The first-order chi connectivity index (χ1) is 6.60. The van der Waals surface area contributed by atoms with Crippen molar-refractivity contribution in [2.75, 3.05) is 32.7 Å².